The molecular weight excluding hydrogens is 324 g/mol. The number of non-ortho nitro benzene ring substituents is 1. The van der Waals surface area contributed by atoms with Crippen LogP contribution in [0, 0.1) is 17.0 Å². The third-order valence-corrected chi connectivity index (χ3v) is 3.20. The Labute approximate surface area is 143 Å². The molecule has 8 heteroatoms. The van der Waals surface area contributed by atoms with Crippen LogP contribution in [0.25, 0.3) is 0 Å². The Morgan fingerprint density at radius 2 is 1.92 bits per heavy atom. The normalized spacial score (nSPS) is 10.4. The number of carbonyl (C=O) groups is 2. The molecule has 2 N–H and O–H groups in total. The van der Waals surface area contributed by atoms with Gasteiger partial charge in [-0.25, -0.2) is 5.43 Å². The first-order valence-electron chi connectivity index (χ1n) is 7.37. The number of hydrogen-bond donors (Lipinski definition) is 2. The summed E-state index contributed by atoms with van der Waals surface area (Å²) < 4.78 is 0. The Kier molecular flexibility index (Phi) is 5.94. The van der Waals surface area contributed by atoms with Gasteiger partial charge in [-0.05, 0) is 36.8 Å². The summed E-state index contributed by atoms with van der Waals surface area (Å²) in [7, 11) is 0. The molecule has 0 aromatic heterocycles. The molecule has 2 aromatic carbocycles. The summed E-state index contributed by atoms with van der Waals surface area (Å²) in [4.78, 5) is 33.6. The molecule has 0 aliphatic carbocycles. The fraction of sp³-hybridized carbons (Fsp3) is 0.118. The number of carbonyl (C=O) groups excluding carboxylic acids is 2. The Bertz CT molecular complexity index is 816. The highest BCUT2D eigenvalue weighted by Crippen LogP contribution is 2.10. The SMILES string of the molecule is Cc1cccc(C(=O)NCC(=O)NN=Cc2ccc([N+](=O)[O-])cc2)c1. The number of nitrogens with one attached hydrogen (secondary N) is 2. The number of aryl methyl sites for hydroxylation is 1. The van der Waals surface area contributed by atoms with Crippen LogP contribution in [0.5, 0.6) is 0 Å². The molecule has 0 heterocycles. The molecule has 0 radical (unpaired) electrons. The van der Waals surface area contributed by atoms with Crippen LogP contribution in [0.1, 0.15) is 21.5 Å². The minimum atomic E-state index is -0.500. The highest BCUT2D eigenvalue weighted by atomic mass is 16.6. The second-order valence-corrected chi connectivity index (χ2v) is 5.19. The standard InChI is InChI=1S/C17H16N4O4/c1-12-3-2-4-14(9-12)17(23)18-11-16(22)20-19-10-13-5-7-15(8-6-13)21(24)25/h2-10H,11H2,1H3,(H,18,23)(H,20,22). The second kappa shape index (κ2) is 8.34. The van der Waals surface area contributed by atoms with Crippen LogP contribution in [0.3, 0.4) is 0 Å². The van der Waals surface area contributed by atoms with Crippen LogP contribution in [0.15, 0.2) is 53.6 Å². The first kappa shape index (κ1) is 17.8. The minimum absolute atomic E-state index is 0.0277. The van der Waals surface area contributed by atoms with Gasteiger partial charge < -0.3 is 5.32 Å². The molecule has 2 amide bonds. The van der Waals surface area contributed by atoms with E-state index in [0.29, 0.717) is 11.1 Å². The van der Waals surface area contributed by atoms with Crippen LogP contribution in [-0.4, -0.2) is 29.5 Å². The third-order valence-electron chi connectivity index (χ3n) is 3.20. The van der Waals surface area contributed by atoms with Gasteiger partial charge in [0, 0.05) is 17.7 Å². The van der Waals surface area contributed by atoms with E-state index in [2.05, 4.69) is 15.8 Å². The Morgan fingerprint density at radius 1 is 1.20 bits per heavy atom. The van der Waals surface area contributed by atoms with Crippen molar-refractivity contribution >= 4 is 23.7 Å². The van der Waals surface area contributed by atoms with Gasteiger partial charge in [0.1, 0.15) is 0 Å². The molecule has 8 nitrogen and oxygen atoms in total. The summed E-state index contributed by atoms with van der Waals surface area (Å²) in [5.41, 5.74) is 4.26. The van der Waals surface area contributed by atoms with Gasteiger partial charge in [0.2, 0.25) is 0 Å². The van der Waals surface area contributed by atoms with Crippen molar-refractivity contribution in [2.24, 2.45) is 5.10 Å². The zero-order chi connectivity index (χ0) is 18.2. The molecule has 0 fully saturated rings. The fourth-order valence-electron chi connectivity index (χ4n) is 1.95. The molecule has 0 saturated carbocycles. The van der Waals surface area contributed by atoms with Gasteiger partial charge in [0.15, 0.2) is 0 Å². The summed E-state index contributed by atoms with van der Waals surface area (Å²) in [6, 6.07) is 12.7. The van der Waals surface area contributed by atoms with Crippen LogP contribution in [-0.2, 0) is 4.79 Å². The van der Waals surface area contributed by atoms with Crippen molar-refractivity contribution < 1.29 is 14.5 Å². The molecule has 2 rings (SSSR count). The summed E-state index contributed by atoms with van der Waals surface area (Å²) >= 11 is 0. The molecule has 128 valence electrons. The van der Waals surface area contributed by atoms with E-state index in [9.17, 15) is 19.7 Å². The van der Waals surface area contributed by atoms with Crippen LogP contribution < -0.4 is 10.7 Å². The number of amides is 2. The molecule has 25 heavy (non-hydrogen) atoms. The predicted molar refractivity (Wildman–Crippen MR) is 92.3 cm³/mol. The number of nitrogens with zero attached hydrogens (tertiary/aromatic N) is 2. The van der Waals surface area contributed by atoms with E-state index >= 15 is 0 Å². The number of rotatable bonds is 6. The molecule has 0 spiro atoms. The highest BCUT2D eigenvalue weighted by Gasteiger charge is 2.07. The summed E-state index contributed by atoms with van der Waals surface area (Å²) in [6.45, 7) is 1.65. The molecule has 2 aromatic rings. The number of nitro benzene ring substituents is 1. The maximum atomic E-state index is 11.9. The number of hydrazone groups is 1. The van der Waals surface area contributed by atoms with E-state index < -0.39 is 10.8 Å². The summed E-state index contributed by atoms with van der Waals surface area (Å²) in [6.07, 6.45) is 1.35. The van der Waals surface area contributed by atoms with Crippen LogP contribution >= 0.6 is 0 Å². The van der Waals surface area contributed by atoms with E-state index in [-0.39, 0.29) is 18.1 Å². The minimum Gasteiger partial charge on any atom is -0.343 e. The van der Waals surface area contributed by atoms with E-state index in [1.807, 2.05) is 13.0 Å². The van der Waals surface area contributed by atoms with Crippen molar-refractivity contribution in [2.45, 2.75) is 6.92 Å². The van der Waals surface area contributed by atoms with Gasteiger partial charge in [-0.2, -0.15) is 5.10 Å². The molecule has 0 atom stereocenters. The van der Waals surface area contributed by atoms with E-state index in [1.54, 1.807) is 18.2 Å². The predicted octanol–water partition coefficient (Wildman–Crippen LogP) is 1.78. The Hall–Kier alpha value is -3.55. The first-order chi connectivity index (χ1) is 12.0. The topological polar surface area (TPSA) is 114 Å². The van der Waals surface area contributed by atoms with Crippen molar-refractivity contribution in [1.82, 2.24) is 10.7 Å². The van der Waals surface area contributed by atoms with Gasteiger partial charge in [-0.1, -0.05) is 17.7 Å². The number of nitro groups is 1. The van der Waals surface area contributed by atoms with Crippen molar-refractivity contribution in [3.05, 3.63) is 75.3 Å². The maximum absolute atomic E-state index is 11.9. The van der Waals surface area contributed by atoms with Gasteiger partial charge >= 0.3 is 0 Å². The lowest BCUT2D eigenvalue weighted by Crippen LogP contribution is -2.34. The molecule has 0 saturated heterocycles. The van der Waals surface area contributed by atoms with Gasteiger partial charge in [-0.3, -0.25) is 19.7 Å². The lowest BCUT2D eigenvalue weighted by Gasteiger charge is -2.04. The first-order valence-corrected chi connectivity index (χ1v) is 7.37. The zero-order valence-corrected chi connectivity index (χ0v) is 13.4. The third kappa shape index (κ3) is 5.54. The van der Waals surface area contributed by atoms with Gasteiger partial charge in [0.25, 0.3) is 17.5 Å². The van der Waals surface area contributed by atoms with Crippen molar-refractivity contribution in [2.75, 3.05) is 6.54 Å². The van der Waals surface area contributed by atoms with Gasteiger partial charge in [0.05, 0.1) is 17.7 Å². The number of hydrogen-bond acceptors (Lipinski definition) is 5. The molecule has 0 bridgehead atoms. The highest BCUT2D eigenvalue weighted by molar-refractivity contribution is 5.96. The smallest absolute Gasteiger partial charge is 0.269 e. The van der Waals surface area contributed by atoms with Crippen molar-refractivity contribution in [3.8, 4) is 0 Å². The van der Waals surface area contributed by atoms with Gasteiger partial charge in [-0.15, -0.1) is 0 Å². The van der Waals surface area contributed by atoms with Crippen LogP contribution in [0.4, 0.5) is 5.69 Å². The lowest BCUT2D eigenvalue weighted by molar-refractivity contribution is -0.384. The largest absolute Gasteiger partial charge is 0.343 e. The molecular formula is C17H16N4O4. The second-order valence-electron chi connectivity index (χ2n) is 5.19. The van der Waals surface area contributed by atoms with Crippen LogP contribution in [0.2, 0.25) is 0 Å². The molecule has 0 aliphatic rings. The van der Waals surface area contributed by atoms with Crippen molar-refractivity contribution in [3.63, 3.8) is 0 Å². The van der Waals surface area contributed by atoms with E-state index in [0.717, 1.165) is 5.56 Å². The maximum Gasteiger partial charge on any atom is 0.269 e. The quantitative estimate of drug-likeness (QED) is 0.474. The number of benzene rings is 2. The zero-order valence-electron chi connectivity index (χ0n) is 13.4. The van der Waals surface area contributed by atoms with E-state index in [1.165, 1.54) is 30.5 Å². The average Bonchev–Trinajstić information content (AvgIpc) is 2.60. The van der Waals surface area contributed by atoms with E-state index in [4.69, 9.17) is 0 Å². The Balaban J connectivity index is 1.80. The molecule has 0 aliphatic heterocycles. The van der Waals surface area contributed by atoms with Crippen molar-refractivity contribution in [1.29, 1.82) is 0 Å². The fourth-order valence-corrected chi connectivity index (χ4v) is 1.95. The Morgan fingerprint density at radius 3 is 2.56 bits per heavy atom. The summed E-state index contributed by atoms with van der Waals surface area (Å²) in [5, 5.41) is 16.8. The lowest BCUT2D eigenvalue weighted by atomic mass is 10.1. The average molecular weight is 340 g/mol. The summed E-state index contributed by atoms with van der Waals surface area (Å²) in [5.74, 6) is -0.836. The monoisotopic (exact) mass is 340 g/mol. The molecule has 0 unspecified atom stereocenters.